The summed E-state index contributed by atoms with van der Waals surface area (Å²) in [4.78, 5) is 29.0. The van der Waals surface area contributed by atoms with Gasteiger partial charge in [-0.15, -0.1) is 0 Å². The molecule has 3 aromatic rings. The number of amides is 1. The normalized spacial score (nSPS) is 10.7. The first kappa shape index (κ1) is 15.5. The second-order valence-electron chi connectivity index (χ2n) is 4.76. The van der Waals surface area contributed by atoms with Crippen molar-refractivity contribution >= 4 is 45.8 Å². The molecule has 3 N–H and O–H groups in total. The second kappa shape index (κ2) is 5.98. The summed E-state index contributed by atoms with van der Waals surface area (Å²) in [6, 6.07) is 7.96. The lowest BCUT2D eigenvalue weighted by atomic mass is 10.1. The summed E-state index contributed by atoms with van der Waals surface area (Å²) in [5.41, 5.74) is 1.65. The van der Waals surface area contributed by atoms with Crippen molar-refractivity contribution in [2.45, 2.75) is 0 Å². The molecule has 0 bridgehead atoms. The summed E-state index contributed by atoms with van der Waals surface area (Å²) in [7, 11) is 1.42. The maximum Gasteiger partial charge on any atom is 0.323 e. The molecule has 8 heteroatoms. The van der Waals surface area contributed by atoms with Gasteiger partial charge in [0.15, 0.2) is 0 Å². The van der Waals surface area contributed by atoms with Gasteiger partial charge < -0.3 is 20.0 Å². The first-order chi connectivity index (χ1) is 11.0. The molecule has 3 rings (SSSR count). The number of imidazole rings is 1. The molecule has 0 aliphatic heterocycles. The van der Waals surface area contributed by atoms with Crippen molar-refractivity contribution in [1.29, 1.82) is 0 Å². The largest absolute Gasteiger partial charge is 0.494 e. The number of H-pyrrole nitrogens is 2. The number of nitrogens with one attached hydrogen (secondary N) is 3. The number of methoxy groups -OCH3 is 1. The number of fused-ring (bicyclic) bond motifs is 1. The van der Waals surface area contributed by atoms with E-state index in [-0.39, 0.29) is 22.0 Å². The third-order valence-corrected chi connectivity index (χ3v) is 3.73. The molecular weight excluding hydrogens is 341 g/mol. The Balaban J connectivity index is 1.95. The molecule has 0 saturated carbocycles. The van der Waals surface area contributed by atoms with Crippen molar-refractivity contribution in [1.82, 2.24) is 9.97 Å². The second-order valence-corrected chi connectivity index (χ2v) is 5.61. The highest BCUT2D eigenvalue weighted by molar-refractivity contribution is 6.36. The summed E-state index contributed by atoms with van der Waals surface area (Å²) in [6.07, 6.45) is 0. The number of carbonyl (C=O) groups excluding carboxylic acids is 1. The molecule has 0 saturated heterocycles. The number of halogens is 2. The highest BCUT2D eigenvalue weighted by Gasteiger charge is 2.17. The third kappa shape index (κ3) is 3.04. The van der Waals surface area contributed by atoms with E-state index in [1.54, 1.807) is 18.2 Å². The van der Waals surface area contributed by atoms with Gasteiger partial charge in [0.2, 0.25) is 0 Å². The van der Waals surface area contributed by atoms with Gasteiger partial charge in [0.25, 0.3) is 5.91 Å². The van der Waals surface area contributed by atoms with E-state index in [4.69, 9.17) is 27.9 Å². The van der Waals surface area contributed by atoms with Crippen molar-refractivity contribution in [2.24, 2.45) is 0 Å². The van der Waals surface area contributed by atoms with Crippen molar-refractivity contribution < 1.29 is 9.53 Å². The Bertz CT molecular complexity index is 962. The molecule has 0 spiro atoms. The van der Waals surface area contributed by atoms with Crippen LogP contribution >= 0.6 is 23.2 Å². The van der Waals surface area contributed by atoms with Crippen LogP contribution in [0.4, 0.5) is 5.69 Å². The van der Waals surface area contributed by atoms with Crippen LogP contribution < -0.4 is 15.7 Å². The van der Waals surface area contributed by atoms with Gasteiger partial charge in [0, 0.05) is 10.7 Å². The van der Waals surface area contributed by atoms with E-state index in [1.807, 2.05) is 0 Å². The maximum atomic E-state index is 12.5. The zero-order chi connectivity index (χ0) is 16.6. The molecule has 1 amide bonds. The van der Waals surface area contributed by atoms with Gasteiger partial charge in [-0.05, 0) is 30.3 Å². The van der Waals surface area contributed by atoms with Gasteiger partial charge in [-0.1, -0.05) is 23.2 Å². The number of benzene rings is 2. The predicted molar refractivity (Wildman–Crippen MR) is 89.9 cm³/mol. The summed E-state index contributed by atoms with van der Waals surface area (Å²) in [5, 5.41) is 3.29. The van der Waals surface area contributed by atoms with Crippen molar-refractivity contribution in [3.05, 3.63) is 56.4 Å². The Morgan fingerprint density at radius 1 is 1.13 bits per heavy atom. The molecule has 118 valence electrons. The Morgan fingerprint density at radius 3 is 2.61 bits per heavy atom. The lowest BCUT2D eigenvalue weighted by Crippen LogP contribution is -2.13. The zero-order valence-electron chi connectivity index (χ0n) is 11.9. The van der Waals surface area contributed by atoms with Crippen LogP contribution in [0.1, 0.15) is 10.4 Å². The summed E-state index contributed by atoms with van der Waals surface area (Å²) < 4.78 is 5.16. The number of rotatable bonds is 3. The molecule has 0 aliphatic rings. The van der Waals surface area contributed by atoms with Crippen LogP contribution in [0.25, 0.3) is 11.0 Å². The summed E-state index contributed by atoms with van der Waals surface area (Å²) in [5.74, 6) is -0.187. The number of anilines is 1. The molecule has 0 unspecified atom stereocenters. The Labute approximate surface area is 140 Å². The molecule has 23 heavy (non-hydrogen) atoms. The number of carbonyl (C=O) groups is 1. The molecule has 1 heterocycles. The first-order valence-electron chi connectivity index (χ1n) is 6.54. The van der Waals surface area contributed by atoms with E-state index in [2.05, 4.69) is 15.3 Å². The van der Waals surface area contributed by atoms with Gasteiger partial charge in [0.05, 0.1) is 28.7 Å². The Hall–Kier alpha value is -2.44. The number of ether oxygens (including phenoxy) is 1. The van der Waals surface area contributed by atoms with Crippen molar-refractivity contribution in [2.75, 3.05) is 12.4 Å². The van der Waals surface area contributed by atoms with E-state index >= 15 is 0 Å². The molecule has 0 aliphatic carbocycles. The van der Waals surface area contributed by atoms with Gasteiger partial charge in [-0.3, -0.25) is 4.79 Å². The molecular formula is C15H11Cl2N3O3. The molecule has 1 aromatic heterocycles. The van der Waals surface area contributed by atoms with Gasteiger partial charge in [-0.25, -0.2) is 4.79 Å². The highest BCUT2D eigenvalue weighted by Crippen LogP contribution is 2.32. The smallest absolute Gasteiger partial charge is 0.323 e. The first-order valence-corrected chi connectivity index (χ1v) is 7.30. The van der Waals surface area contributed by atoms with Crippen LogP contribution in [-0.4, -0.2) is 23.0 Å². The molecule has 0 atom stereocenters. The van der Waals surface area contributed by atoms with Crippen LogP contribution in [0.2, 0.25) is 10.0 Å². The summed E-state index contributed by atoms with van der Waals surface area (Å²) >= 11 is 12.0. The average molecular weight is 352 g/mol. The number of aromatic amines is 2. The maximum absolute atomic E-state index is 12.5. The van der Waals surface area contributed by atoms with E-state index in [1.165, 1.54) is 19.2 Å². The SMILES string of the molecule is COc1c(Cl)cc(Cl)cc1C(=O)Nc1ccc2[nH]c(=O)[nH]c2c1. The molecule has 2 aromatic carbocycles. The van der Waals surface area contributed by atoms with E-state index in [0.29, 0.717) is 21.7 Å². The molecule has 6 nitrogen and oxygen atoms in total. The van der Waals surface area contributed by atoms with Crippen LogP contribution in [-0.2, 0) is 0 Å². The topological polar surface area (TPSA) is 87.0 Å². The quantitative estimate of drug-likeness (QED) is 0.675. The number of aromatic nitrogens is 2. The fourth-order valence-corrected chi connectivity index (χ4v) is 2.82. The van der Waals surface area contributed by atoms with Gasteiger partial charge in [0.1, 0.15) is 5.75 Å². The Morgan fingerprint density at radius 2 is 1.87 bits per heavy atom. The predicted octanol–water partition coefficient (Wildman–Crippen LogP) is 3.42. The lowest BCUT2D eigenvalue weighted by Gasteiger charge is -2.11. The van der Waals surface area contributed by atoms with E-state index in [9.17, 15) is 9.59 Å². The van der Waals surface area contributed by atoms with E-state index in [0.717, 1.165) is 0 Å². The lowest BCUT2D eigenvalue weighted by molar-refractivity contribution is 0.102. The number of hydrogen-bond acceptors (Lipinski definition) is 3. The van der Waals surface area contributed by atoms with Crippen molar-refractivity contribution in [3.63, 3.8) is 0 Å². The molecule has 0 radical (unpaired) electrons. The fourth-order valence-electron chi connectivity index (χ4n) is 2.25. The Kier molecular flexibility index (Phi) is 4.02. The van der Waals surface area contributed by atoms with E-state index < -0.39 is 5.91 Å². The molecule has 0 fully saturated rings. The zero-order valence-corrected chi connectivity index (χ0v) is 13.4. The van der Waals surface area contributed by atoms with Crippen LogP contribution in [0.15, 0.2) is 35.1 Å². The van der Waals surface area contributed by atoms with Gasteiger partial charge in [-0.2, -0.15) is 0 Å². The third-order valence-electron chi connectivity index (χ3n) is 3.23. The monoisotopic (exact) mass is 351 g/mol. The van der Waals surface area contributed by atoms with Crippen LogP contribution in [0.5, 0.6) is 5.75 Å². The average Bonchev–Trinajstić information content (AvgIpc) is 2.85. The minimum Gasteiger partial charge on any atom is -0.494 e. The van der Waals surface area contributed by atoms with Crippen LogP contribution in [0.3, 0.4) is 0 Å². The minimum atomic E-state index is -0.427. The highest BCUT2D eigenvalue weighted by atomic mass is 35.5. The minimum absolute atomic E-state index is 0.215. The van der Waals surface area contributed by atoms with Crippen LogP contribution in [0, 0.1) is 0 Å². The van der Waals surface area contributed by atoms with Crippen molar-refractivity contribution in [3.8, 4) is 5.75 Å². The standard InChI is InChI=1S/C15H11Cl2N3O3/c1-23-13-9(4-7(16)5-10(13)17)14(21)18-8-2-3-11-12(6-8)20-15(22)19-11/h2-6H,1H3,(H,18,21)(H2,19,20,22). The fraction of sp³-hybridized carbons (Fsp3) is 0.0667. The number of hydrogen-bond donors (Lipinski definition) is 3. The van der Waals surface area contributed by atoms with Gasteiger partial charge >= 0.3 is 5.69 Å². The summed E-state index contributed by atoms with van der Waals surface area (Å²) in [6.45, 7) is 0.